The number of aromatic nitrogens is 1. The van der Waals surface area contributed by atoms with Crippen LogP contribution >= 0.6 is 0 Å². The lowest BCUT2D eigenvalue weighted by atomic mass is 10.0. The van der Waals surface area contributed by atoms with Crippen LogP contribution in [0.5, 0.6) is 5.75 Å². The Labute approximate surface area is 121 Å². The molecule has 1 heterocycles. The van der Waals surface area contributed by atoms with Crippen LogP contribution < -0.4 is 10.2 Å². The second kappa shape index (κ2) is 5.25. The summed E-state index contributed by atoms with van der Waals surface area (Å²) in [5.74, 6) is 0.263. The van der Waals surface area contributed by atoms with Crippen molar-refractivity contribution >= 4 is 16.7 Å². The van der Waals surface area contributed by atoms with Gasteiger partial charge in [-0.3, -0.25) is 9.59 Å². The summed E-state index contributed by atoms with van der Waals surface area (Å²) in [5.41, 5.74) is 0.999. The Morgan fingerprint density at radius 3 is 2.71 bits per heavy atom. The molecule has 0 saturated carbocycles. The Balaban J connectivity index is 2.13. The van der Waals surface area contributed by atoms with Gasteiger partial charge in [0.2, 0.25) is 5.43 Å². The van der Waals surface area contributed by atoms with Gasteiger partial charge >= 0.3 is 0 Å². The van der Waals surface area contributed by atoms with E-state index >= 15 is 0 Å². The molecule has 4 heteroatoms. The molecule has 0 aliphatic rings. The van der Waals surface area contributed by atoms with Crippen molar-refractivity contribution < 1.29 is 9.53 Å². The summed E-state index contributed by atoms with van der Waals surface area (Å²) in [4.78, 5) is 27.9. The first-order chi connectivity index (χ1) is 10.2. The molecule has 3 aromatic rings. The lowest BCUT2D eigenvalue weighted by Crippen LogP contribution is -2.16. The number of rotatable bonds is 3. The van der Waals surface area contributed by atoms with E-state index in [1.807, 2.05) is 6.07 Å². The number of aromatic amines is 1. The van der Waals surface area contributed by atoms with Crippen molar-refractivity contribution in [3.05, 3.63) is 76.1 Å². The summed E-state index contributed by atoms with van der Waals surface area (Å²) in [6, 6.07) is 13.9. The molecule has 21 heavy (non-hydrogen) atoms. The number of carbonyl (C=O) groups is 1. The number of methoxy groups -OCH3 is 1. The number of benzene rings is 2. The van der Waals surface area contributed by atoms with E-state index < -0.39 is 0 Å². The predicted molar refractivity (Wildman–Crippen MR) is 81.0 cm³/mol. The number of H-pyrrole nitrogens is 1. The van der Waals surface area contributed by atoms with E-state index in [9.17, 15) is 9.59 Å². The zero-order valence-electron chi connectivity index (χ0n) is 11.4. The minimum absolute atomic E-state index is 0.127. The monoisotopic (exact) mass is 279 g/mol. The fourth-order valence-corrected chi connectivity index (χ4v) is 2.26. The van der Waals surface area contributed by atoms with Gasteiger partial charge in [0.05, 0.1) is 12.7 Å². The predicted octanol–water partition coefficient (Wildman–Crippen LogP) is 2.77. The van der Waals surface area contributed by atoms with Gasteiger partial charge in [-0.1, -0.05) is 24.3 Å². The van der Waals surface area contributed by atoms with Crippen molar-refractivity contribution in [2.45, 2.75) is 0 Å². The average Bonchev–Trinajstić information content (AvgIpc) is 2.55. The zero-order valence-corrected chi connectivity index (χ0v) is 11.4. The molecule has 0 amide bonds. The molecule has 0 aliphatic carbocycles. The summed E-state index contributed by atoms with van der Waals surface area (Å²) in [6.07, 6.45) is 1.46. The molecule has 104 valence electrons. The van der Waals surface area contributed by atoms with E-state index in [0.717, 1.165) is 0 Å². The molecule has 0 aliphatic heterocycles. The number of ether oxygens (including phenoxy) is 1. The Bertz CT molecular complexity index is 880. The number of nitrogens with one attached hydrogen (secondary N) is 1. The molecular formula is C17H13NO3. The van der Waals surface area contributed by atoms with Gasteiger partial charge in [-0.2, -0.15) is 0 Å². The number of pyridine rings is 1. The Morgan fingerprint density at radius 2 is 1.90 bits per heavy atom. The third-order valence-corrected chi connectivity index (χ3v) is 3.36. The lowest BCUT2D eigenvalue weighted by molar-refractivity contribution is 0.103. The van der Waals surface area contributed by atoms with Crippen LogP contribution in [-0.2, 0) is 0 Å². The second-order valence-electron chi connectivity index (χ2n) is 4.64. The number of para-hydroxylation sites is 1. The fourth-order valence-electron chi connectivity index (χ4n) is 2.26. The summed E-state index contributed by atoms with van der Waals surface area (Å²) in [6.45, 7) is 0. The minimum atomic E-state index is -0.319. The average molecular weight is 279 g/mol. The van der Waals surface area contributed by atoms with Gasteiger partial charge in [-0.15, -0.1) is 0 Å². The van der Waals surface area contributed by atoms with E-state index in [1.165, 1.54) is 13.3 Å². The quantitative estimate of drug-likeness (QED) is 0.750. The third kappa shape index (κ3) is 2.31. The van der Waals surface area contributed by atoms with Crippen LogP contribution in [0.25, 0.3) is 10.9 Å². The van der Waals surface area contributed by atoms with Crippen molar-refractivity contribution in [1.82, 2.24) is 4.98 Å². The van der Waals surface area contributed by atoms with Crippen LogP contribution in [-0.4, -0.2) is 17.9 Å². The van der Waals surface area contributed by atoms with E-state index in [4.69, 9.17) is 4.74 Å². The number of hydrogen-bond acceptors (Lipinski definition) is 3. The van der Waals surface area contributed by atoms with Crippen LogP contribution in [0.1, 0.15) is 15.9 Å². The van der Waals surface area contributed by atoms with Crippen LogP contribution in [0.2, 0.25) is 0 Å². The van der Waals surface area contributed by atoms with Crippen molar-refractivity contribution in [3.63, 3.8) is 0 Å². The minimum Gasteiger partial charge on any atom is -0.497 e. The highest BCUT2D eigenvalue weighted by Gasteiger charge is 2.15. The van der Waals surface area contributed by atoms with E-state index in [-0.39, 0.29) is 16.8 Å². The highest BCUT2D eigenvalue weighted by atomic mass is 16.5. The zero-order chi connectivity index (χ0) is 14.8. The van der Waals surface area contributed by atoms with Gasteiger partial charge in [0.25, 0.3) is 0 Å². The Morgan fingerprint density at radius 1 is 1.10 bits per heavy atom. The Hall–Kier alpha value is -2.88. The number of carbonyl (C=O) groups excluding carboxylic acids is 1. The maximum atomic E-state index is 12.5. The molecule has 0 unspecified atom stereocenters. The molecule has 1 aromatic heterocycles. The van der Waals surface area contributed by atoms with E-state index in [0.29, 0.717) is 22.2 Å². The topological polar surface area (TPSA) is 59.2 Å². The molecule has 0 atom stereocenters. The lowest BCUT2D eigenvalue weighted by Gasteiger charge is -2.05. The first-order valence-corrected chi connectivity index (χ1v) is 6.50. The van der Waals surface area contributed by atoms with Gasteiger partial charge in [-0.25, -0.2) is 0 Å². The van der Waals surface area contributed by atoms with Crippen LogP contribution in [0, 0.1) is 0 Å². The molecule has 2 aromatic carbocycles. The molecule has 0 spiro atoms. The number of fused-ring (bicyclic) bond motifs is 1. The van der Waals surface area contributed by atoms with Gasteiger partial charge in [0, 0.05) is 22.7 Å². The van der Waals surface area contributed by atoms with Crippen molar-refractivity contribution in [2.24, 2.45) is 0 Å². The van der Waals surface area contributed by atoms with Crippen molar-refractivity contribution in [2.75, 3.05) is 7.11 Å². The smallest absolute Gasteiger partial charge is 0.200 e. The highest BCUT2D eigenvalue weighted by molar-refractivity contribution is 6.10. The normalized spacial score (nSPS) is 10.5. The van der Waals surface area contributed by atoms with Crippen LogP contribution in [0.4, 0.5) is 0 Å². The van der Waals surface area contributed by atoms with Gasteiger partial charge in [0.15, 0.2) is 5.78 Å². The van der Waals surface area contributed by atoms with Gasteiger partial charge < -0.3 is 9.72 Å². The van der Waals surface area contributed by atoms with Gasteiger partial charge in [-0.05, 0) is 24.3 Å². The third-order valence-electron chi connectivity index (χ3n) is 3.36. The van der Waals surface area contributed by atoms with E-state index in [2.05, 4.69) is 4.98 Å². The molecule has 4 nitrogen and oxygen atoms in total. The summed E-state index contributed by atoms with van der Waals surface area (Å²) in [5, 5.41) is 0.506. The summed E-state index contributed by atoms with van der Waals surface area (Å²) in [7, 11) is 1.53. The number of ketones is 1. The second-order valence-corrected chi connectivity index (χ2v) is 4.64. The standard InChI is InChI=1S/C17H13NO3/c1-21-12-6-4-5-11(9-12)16(19)14-10-18-15-8-3-2-7-13(15)17(14)20/h2-10H,1H3,(H,18,20). The highest BCUT2D eigenvalue weighted by Crippen LogP contribution is 2.16. The molecule has 3 rings (SSSR count). The first-order valence-electron chi connectivity index (χ1n) is 6.50. The fraction of sp³-hybridized carbons (Fsp3) is 0.0588. The summed E-state index contributed by atoms with van der Waals surface area (Å²) < 4.78 is 5.10. The van der Waals surface area contributed by atoms with Crippen molar-refractivity contribution in [1.29, 1.82) is 0 Å². The Kier molecular flexibility index (Phi) is 3.28. The largest absolute Gasteiger partial charge is 0.497 e. The SMILES string of the molecule is COc1cccc(C(=O)c2c[nH]c3ccccc3c2=O)c1. The number of hydrogen-bond donors (Lipinski definition) is 1. The maximum Gasteiger partial charge on any atom is 0.200 e. The molecule has 1 N–H and O–H groups in total. The van der Waals surface area contributed by atoms with Crippen LogP contribution in [0.15, 0.2) is 59.5 Å². The van der Waals surface area contributed by atoms with E-state index in [1.54, 1.807) is 42.5 Å². The summed E-state index contributed by atoms with van der Waals surface area (Å²) >= 11 is 0. The molecule has 0 saturated heterocycles. The first kappa shape index (κ1) is 13.1. The van der Waals surface area contributed by atoms with Crippen LogP contribution in [0.3, 0.4) is 0 Å². The van der Waals surface area contributed by atoms with Gasteiger partial charge in [0.1, 0.15) is 5.75 Å². The molecule has 0 bridgehead atoms. The molecule has 0 radical (unpaired) electrons. The maximum absolute atomic E-state index is 12.5. The molecular weight excluding hydrogens is 266 g/mol. The van der Waals surface area contributed by atoms with Crippen molar-refractivity contribution in [3.8, 4) is 5.75 Å². The molecule has 0 fully saturated rings.